The Bertz CT molecular complexity index is 1590. The summed E-state index contributed by atoms with van der Waals surface area (Å²) in [5, 5.41) is 0. The molecule has 52 heavy (non-hydrogen) atoms. The van der Waals surface area contributed by atoms with Crippen molar-refractivity contribution in [3.05, 3.63) is 36.1 Å². The van der Waals surface area contributed by atoms with Crippen LogP contribution in [0.2, 0.25) is 0 Å². The van der Waals surface area contributed by atoms with Crippen molar-refractivity contribution in [2.45, 2.75) is 89.4 Å². The largest absolute Gasteiger partial charge is 0.493 e. The molecule has 0 amide bonds. The molecule has 0 unspecified atom stereocenters. The van der Waals surface area contributed by atoms with Crippen LogP contribution in [0.5, 0.6) is 11.5 Å². The van der Waals surface area contributed by atoms with Gasteiger partial charge in [-0.15, -0.1) is 0 Å². The van der Waals surface area contributed by atoms with Gasteiger partial charge in [0.2, 0.25) is 12.6 Å². The molecule has 0 N–H and O–H groups in total. The number of fused-ring (bicyclic) bond motifs is 3. The monoisotopic (exact) mass is 736 g/mol. The Morgan fingerprint density at radius 3 is 1.96 bits per heavy atom. The van der Waals surface area contributed by atoms with E-state index in [4.69, 9.17) is 56.8 Å². The van der Waals surface area contributed by atoms with Gasteiger partial charge in [0.15, 0.2) is 29.8 Å². The fraction of sp³-hybridized carbons (Fsp3) is 0.588. The fourth-order valence-electron chi connectivity index (χ4n) is 6.76. The molecule has 4 aliphatic rings. The average Bonchev–Trinajstić information content (AvgIpc) is 3.75. The first kappa shape index (κ1) is 38.3. The van der Waals surface area contributed by atoms with Crippen LogP contribution < -0.4 is 9.47 Å². The number of hydrogen-bond acceptors (Lipinski definition) is 18. The molecule has 11 atom stereocenters. The van der Waals surface area contributed by atoms with Crippen LogP contribution in [-0.4, -0.2) is 118 Å². The summed E-state index contributed by atoms with van der Waals surface area (Å²) in [5.74, 6) is -5.23. The zero-order valence-electron chi connectivity index (χ0n) is 29.4. The van der Waals surface area contributed by atoms with Crippen LogP contribution >= 0.6 is 0 Å². The third-order valence-electron chi connectivity index (χ3n) is 8.81. The summed E-state index contributed by atoms with van der Waals surface area (Å²) in [5.41, 5.74) is -1.11. The SMILES string of the molecule is COc1ccc(C(=O)O[C@@H]2[C@H]3C=CO[C@H](O[C@H]4O[C@@H](COC(C)=O)[C@H](OC(C)=O)[C@@H](OC(C)=O)[C@@H]4OC(C)=O)[C@H]3[C@]3(COC(C)=O)O[C@H]23)cc1OC. The summed E-state index contributed by atoms with van der Waals surface area (Å²) < 4.78 is 68.1. The molecule has 0 bridgehead atoms. The normalized spacial score (nSPS) is 32.4. The van der Waals surface area contributed by atoms with Gasteiger partial charge in [-0.3, -0.25) is 24.0 Å². The van der Waals surface area contributed by atoms with Gasteiger partial charge in [-0.1, -0.05) is 0 Å². The molecule has 284 valence electrons. The zero-order chi connectivity index (χ0) is 37.9. The van der Waals surface area contributed by atoms with Crippen molar-refractivity contribution in [1.82, 2.24) is 0 Å². The summed E-state index contributed by atoms with van der Waals surface area (Å²) in [6.07, 6.45) is -7.41. The van der Waals surface area contributed by atoms with Crippen LogP contribution in [0.4, 0.5) is 0 Å². The van der Waals surface area contributed by atoms with Crippen molar-refractivity contribution >= 4 is 35.8 Å². The van der Waals surface area contributed by atoms with Gasteiger partial charge < -0.3 is 56.8 Å². The van der Waals surface area contributed by atoms with E-state index in [9.17, 15) is 28.8 Å². The molecule has 1 saturated carbocycles. The number of esters is 6. The highest BCUT2D eigenvalue weighted by Gasteiger charge is 2.78. The molecule has 18 nitrogen and oxygen atoms in total. The fourth-order valence-corrected chi connectivity index (χ4v) is 6.76. The van der Waals surface area contributed by atoms with Gasteiger partial charge in [-0.05, 0) is 24.3 Å². The van der Waals surface area contributed by atoms with E-state index in [1.807, 2.05) is 0 Å². The summed E-state index contributed by atoms with van der Waals surface area (Å²) >= 11 is 0. The molecular formula is C34H40O18. The Morgan fingerprint density at radius 2 is 1.35 bits per heavy atom. The Kier molecular flexibility index (Phi) is 11.6. The van der Waals surface area contributed by atoms with Gasteiger partial charge in [0.25, 0.3) is 0 Å². The van der Waals surface area contributed by atoms with Gasteiger partial charge in [0, 0.05) is 40.5 Å². The van der Waals surface area contributed by atoms with Crippen molar-refractivity contribution in [2.75, 3.05) is 27.4 Å². The summed E-state index contributed by atoms with van der Waals surface area (Å²) in [6.45, 7) is 4.90. The van der Waals surface area contributed by atoms with Crippen LogP contribution in [0, 0.1) is 11.8 Å². The molecule has 1 aromatic rings. The second-order valence-electron chi connectivity index (χ2n) is 12.4. The Morgan fingerprint density at radius 1 is 0.712 bits per heavy atom. The number of hydrogen-bond donors (Lipinski definition) is 0. The summed E-state index contributed by atoms with van der Waals surface area (Å²) in [4.78, 5) is 74.0. The number of epoxide rings is 1. The quantitative estimate of drug-likeness (QED) is 0.158. The van der Waals surface area contributed by atoms with Crippen LogP contribution in [0.3, 0.4) is 0 Å². The highest BCUT2D eigenvalue weighted by atomic mass is 16.8. The Hall–Kier alpha value is -4.94. The van der Waals surface area contributed by atoms with E-state index in [0.29, 0.717) is 11.5 Å². The predicted molar refractivity (Wildman–Crippen MR) is 167 cm³/mol. The van der Waals surface area contributed by atoms with Crippen molar-refractivity contribution in [3.8, 4) is 11.5 Å². The van der Waals surface area contributed by atoms with Crippen molar-refractivity contribution in [2.24, 2.45) is 11.8 Å². The standard InChI is InChI=1S/C34H40O18/c1-15(35)44-13-24-27(46-17(3)37)28(47-18(4)38)29(48-19(5)39)33(49-24)51-32-25-21(10-11-43-32)26(30-34(25,52-30)14-45-16(2)36)50-31(40)20-8-9-22(41-6)23(12-20)42-7/h8-12,21,24-30,32-33H,13-14H2,1-7H3/t21-,24-,25-,26+,27-,28+,29-,30+,32+,33+,34-/m0/s1. The van der Waals surface area contributed by atoms with E-state index in [0.717, 1.165) is 27.7 Å². The van der Waals surface area contributed by atoms with Crippen LogP contribution in [0.15, 0.2) is 30.5 Å². The molecule has 5 rings (SSSR count). The number of benzene rings is 1. The summed E-state index contributed by atoms with van der Waals surface area (Å²) in [6, 6.07) is 4.52. The van der Waals surface area contributed by atoms with Gasteiger partial charge in [-0.25, -0.2) is 4.79 Å². The molecule has 1 aromatic carbocycles. The number of ether oxygens (including phenoxy) is 12. The molecule has 0 radical (unpaired) electrons. The lowest BCUT2D eigenvalue weighted by atomic mass is 9.85. The van der Waals surface area contributed by atoms with Crippen LogP contribution in [0.25, 0.3) is 0 Å². The average molecular weight is 737 g/mol. The molecule has 3 aliphatic heterocycles. The maximum absolute atomic E-state index is 13.5. The van der Waals surface area contributed by atoms with Crippen molar-refractivity contribution in [1.29, 1.82) is 0 Å². The highest BCUT2D eigenvalue weighted by Crippen LogP contribution is 2.61. The molecule has 3 fully saturated rings. The zero-order valence-corrected chi connectivity index (χ0v) is 29.4. The van der Waals surface area contributed by atoms with E-state index in [-0.39, 0.29) is 12.2 Å². The van der Waals surface area contributed by atoms with E-state index in [2.05, 4.69) is 0 Å². The third-order valence-corrected chi connectivity index (χ3v) is 8.81. The number of rotatable bonds is 13. The first-order valence-electron chi connectivity index (χ1n) is 16.2. The first-order chi connectivity index (χ1) is 24.7. The topological polar surface area (TPSA) is 216 Å². The number of methoxy groups -OCH3 is 2. The number of carbonyl (C=O) groups excluding carboxylic acids is 6. The maximum atomic E-state index is 13.5. The smallest absolute Gasteiger partial charge is 0.338 e. The second-order valence-corrected chi connectivity index (χ2v) is 12.4. The van der Waals surface area contributed by atoms with Crippen LogP contribution in [-0.2, 0) is 71.3 Å². The van der Waals surface area contributed by atoms with E-state index in [1.54, 1.807) is 12.1 Å². The molecule has 1 aliphatic carbocycles. The maximum Gasteiger partial charge on any atom is 0.338 e. The van der Waals surface area contributed by atoms with E-state index in [1.165, 1.54) is 39.5 Å². The van der Waals surface area contributed by atoms with Gasteiger partial charge in [0.1, 0.15) is 37.1 Å². The Balaban J connectivity index is 1.47. The van der Waals surface area contributed by atoms with E-state index < -0.39 is 109 Å². The number of carbonyl (C=O) groups is 6. The van der Waals surface area contributed by atoms with Crippen molar-refractivity contribution < 1.29 is 85.6 Å². The molecule has 18 heteroatoms. The highest BCUT2D eigenvalue weighted by molar-refractivity contribution is 5.90. The lowest BCUT2D eigenvalue weighted by Crippen LogP contribution is -2.64. The van der Waals surface area contributed by atoms with Crippen molar-refractivity contribution in [3.63, 3.8) is 0 Å². The minimum Gasteiger partial charge on any atom is -0.493 e. The van der Waals surface area contributed by atoms with Crippen LogP contribution in [0.1, 0.15) is 45.0 Å². The molecule has 0 spiro atoms. The van der Waals surface area contributed by atoms with E-state index >= 15 is 0 Å². The van der Waals surface area contributed by atoms with Gasteiger partial charge in [-0.2, -0.15) is 0 Å². The minimum atomic E-state index is -1.60. The molecule has 2 saturated heterocycles. The van der Waals surface area contributed by atoms with Gasteiger partial charge in [0.05, 0.1) is 32.0 Å². The predicted octanol–water partition coefficient (Wildman–Crippen LogP) is 1.15. The molecule has 0 aromatic heterocycles. The third kappa shape index (κ3) is 8.08. The minimum absolute atomic E-state index is 0.161. The first-order valence-corrected chi connectivity index (χ1v) is 16.2. The molecular weight excluding hydrogens is 696 g/mol. The summed E-state index contributed by atoms with van der Waals surface area (Å²) in [7, 11) is 2.88. The lowest BCUT2D eigenvalue weighted by molar-refractivity contribution is -0.346. The molecule has 3 heterocycles. The van der Waals surface area contributed by atoms with Gasteiger partial charge >= 0.3 is 35.8 Å². The lowest BCUT2D eigenvalue weighted by Gasteiger charge is -2.46. The second kappa shape index (κ2) is 15.7. The Labute approximate surface area is 297 Å².